The highest BCUT2D eigenvalue weighted by Crippen LogP contribution is 2.28. The van der Waals surface area contributed by atoms with Gasteiger partial charge in [-0.3, -0.25) is 9.78 Å². The smallest absolute Gasteiger partial charge is 0.223 e. The molecule has 1 aliphatic carbocycles. The molecule has 8 heteroatoms. The molecular weight excluding hydrogens is 358 g/mol. The van der Waals surface area contributed by atoms with Crippen LogP contribution in [0.1, 0.15) is 24.8 Å². The number of ether oxygens (including phenoxy) is 2. The fraction of sp³-hybridized carbons (Fsp3) is 0.500. The van der Waals surface area contributed by atoms with E-state index in [0.717, 1.165) is 24.8 Å². The summed E-state index contributed by atoms with van der Waals surface area (Å²) in [6.07, 6.45) is 9.87. The van der Waals surface area contributed by atoms with Crippen LogP contribution in [0.4, 0.5) is 5.95 Å². The Morgan fingerprint density at radius 1 is 1.18 bits per heavy atom. The molecule has 0 unspecified atom stereocenters. The predicted octanol–water partition coefficient (Wildman–Crippen LogP) is 1.83. The Hall–Kier alpha value is -2.74. The van der Waals surface area contributed by atoms with Crippen LogP contribution in [0.3, 0.4) is 0 Å². The van der Waals surface area contributed by atoms with Gasteiger partial charge >= 0.3 is 0 Å². The SMILES string of the molecule is COc1cnc(N[C@@H]2C[C@@H](C(=O)NCCc3ccncc3)CC[C@H]2OC)nc1. The zero-order valence-corrected chi connectivity index (χ0v) is 16.3. The number of carbonyl (C=O) groups is 1. The maximum Gasteiger partial charge on any atom is 0.223 e. The molecule has 150 valence electrons. The number of aromatic nitrogens is 3. The molecule has 0 aromatic carbocycles. The van der Waals surface area contributed by atoms with Crippen LogP contribution < -0.4 is 15.4 Å². The number of nitrogens with zero attached hydrogens (tertiary/aromatic N) is 3. The van der Waals surface area contributed by atoms with E-state index in [0.29, 0.717) is 24.7 Å². The Labute approximate surface area is 165 Å². The van der Waals surface area contributed by atoms with Gasteiger partial charge in [-0.1, -0.05) is 0 Å². The highest BCUT2D eigenvalue weighted by atomic mass is 16.5. The normalized spacial score (nSPS) is 21.7. The number of amides is 1. The van der Waals surface area contributed by atoms with E-state index in [1.807, 2.05) is 12.1 Å². The van der Waals surface area contributed by atoms with Gasteiger partial charge in [0.15, 0.2) is 5.75 Å². The molecule has 3 rings (SSSR count). The lowest BCUT2D eigenvalue weighted by atomic mass is 9.83. The van der Waals surface area contributed by atoms with Crippen LogP contribution in [0, 0.1) is 5.92 Å². The van der Waals surface area contributed by atoms with Gasteiger partial charge in [-0.2, -0.15) is 0 Å². The van der Waals surface area contributed by atoms with E-state index in [2.05, 4.69) is 25.6 Å². The van der Waals surface area contributed by atoms with E-state index in [1.54, 1.807) is 39.0 Å². The van der Waals surface area contributed by atoms with E-state index in [9.17, 15) is 4.79 Å². The van der Waals surface area contributed by atoms with Gasteiger partial charge in [0, 0.05) is 32.0 Å². The third-order valence-electron chi connectivity index (χ3n) is 5.10. The maximum atomic E-state index is 12.6. The van der Waals surface area contributed by atoms with Gasteiger partial charge in [0.25, 0.3) is 0 Å². The third-order valence-corrected chi connectivity index (χ3v) is 5.10. The molecule has 1 aliphatic rings. The van der Waals surface area contributed by atoms with Crippen molar-refractivity contribution in [2.45, 2.75) is 37.8 Å². The predicted molar refractivity (Wildman–Crippen MR) is 105 cm³/mol. The average molecular weight is 385 g/mol. The van der Waals surface area contributed by atoms with Crippen LogP contribution in [-0.2, 0) is 16.0 Å². The molecule has 0 radical (unpaired) electrons. The van der Waals surface area contributed by atoms with Gasteiger partial charge in [-0.15, -0.1) is 0 Å². The first-order valence-electron chi connectivity index (χ1n) is 9.51. The number of anilines is 1. The molecule has 1 saturated carbocycles. The maximum absolute atomic E-state index is 12.6. The summed E-state index contributed by atoms with van der Waals surface area (Å²) in [5.74, 6) is 1.14. The van der Waals surface area contributed by atoms with Crippen molar-refractivity contribution in [3.05, 3.63) is 42.5 Å². The van der Waals surface area contributed by atoms with Crippen LogP contribution in [-0.4, -0.2) is 53.8 Å². The quantitative estimate of drug-likeness (QED) is 0.715. The van der Waals surface area contributed by atoms with Crippen LogP contribution in [0.25, 0.3) is 0 Å². The minimum absolute atomic E-state index is 0.0200. The lowest BCUT2D eigenvalue weighted by Crippen LogP contribution is -2.45. The minimum Gasteiger partial charge on any atom is -0.494 e. The first-order chi connectivity index (χ1) is 13.7. The van der Waals surface area contributed by atoms with Gasteiger partial charge in [-0.25, -0.2) is 9.97 Å². The topological polar surface area (TPSA) is 98.3 Å². The van der Waals surface area contributed by atoms with Gasteiger partial charge in [0.05, 0.1) is 31.6 Å². The molecule has 0 bridgehead atoms. The number of carbonyl (C=O) groups excluding carboxylic acids is 1. The summed E-state index contributed by atoms with van der Waals surface area (Å²) >= 11 is 0. The number of pyridine rings is 1. The highest BCUT2D eigenvalue weighted by Gasteiger charge is 2.34. The first-order valence-corrected chi connectivity index (χ1v) is 9.51. The van der Waals surface area contributed by atoms with Crippen molar-refractivity contribution in [2.75, 3.05) is 26.1 Å². The molecule has 2 heterocycles. The van der Waals surface area contributed by atoms with E-state index in [1.165, 1.54) is 0 Å². The van der Waals surface area contributed by atoms with Crippen molar-refractivity contribution in [1.29, 1.82) is 0 Å². The summed E-state index contributed by atoms with van der Waals surface area (Å²) in [6.45, 7) is 0.618. The molecule has 28 heavy (non-hydrogen) atoms. The molecule has 0 spiro atoms. The minimum atomic E-state index is -0.0559. The Morgan fingerprint density at radius 2 is 1.93 bits per heavy atom. The number of rotatable bonds is 8. The molecule has 0 saturated heterocycles. The van der Waals surface area contributed by atoms with Crippen molar-refractivity contribution in [3.8, 4) is 5.75 Å². The van der Waals surface area contributed by atoms with Crippen LogP contribution >= 0.6 is 0 Å². The summed E-state index contributed by atoms with van der Waals surface area (Å²) < 4.78 is 10.7. The average Bonchev–Trinajstić information content (AvgIpc) is 2.75. The molecule has 2 aromatic rings. The molecule has 1 fully saturated rings. The standard InChI is InChI=1S/C20H27N5O3/c1-27-16-12-23-20(24-13-16)25-17-11-15(3-4-18(17)28-2)19(26)22-10-7-14-5-8-21-9-6-14/h5-6,8-9,12-13,15,17-18H,3-4,7,10-11H2,1-2H3,(H,22,26)(H,23,24,25)/t15-,17+,18+/m0/s1. The second kappa shape index (κ2) is 9.98. The van der Waals surface area contributed by atoms with E-state index in [-0.39, 0.29) is 24.0 Å². The van der Waals surface area contributed by atoms with Gasteiger partial charge in [-0.05, 0) is 43.4 Å². The molecular formula is C20H27N5O3. The number of nitrogens with one attached hydrogen (secondary N) is 2. The summed E-state index contributed by atoms with van der Waals surface area (Å²) in [7, 11) is 3.27. The zero-order chi connectivity index (χ0) is 19.8. The number of hydrogen-bond acceptors (Lipinski definition) is 7. The fourth-order valence-corrected chi connectivity index (χ4v) is 3.50. The van der Waals surface area contributed by atoms with Crippen LogP contribution in [0.5, 0.6) is 5.75 Å². The van der Waals surface area contributed by atoms with Crippen molar-refractivity contribution < 1.29 is 14.3 Å². The molecule has 2 aromatic heterocycles. The Balaban J connectivity index is 1.53. The Bertz CT molecular complexity index is 741. The van der Waals surface area contributed by atoms with Crippen LogP contribution in [0.2, 0.25) is 0 Å². The molecule has 0 aliphatic heterocycles. The molecule has 2 N–H and O–H groups in total. The second-order valence-electron chi connectivity index (χ2n) is 6.88. The van der Waals surface area contributed by atoms with Crippen molar-refractivity contribution in [2.24, 2.45) is 5.92 Å². The van der Waals surface area contributed by atoms with Gasteiger partial charge < -0.3 is 20.1 Å². The molecule has 3 atom stereocenters. The van der Waals surface area contributed by atoms with Crippen molar-refractivity contribution >= 4 is 11.9 Å². The lowest BCUT2D eigenvalue weighted by molar-refractivity contribution is -0.126. The number of hydrogen-bond donors (Lipinski definition) is 2. The van der Waals surface area contributed by atoms with Crippen LogP contribution in [0.15, 0.2) is 36.9 Å². The third kappa shape index (κ3) is 5.39. The number of methoxy groups -OCH3 is 2. The van der Waals surface area contributed by atoms with Gasteiger partial charge in [0.2, 0.25) is 11.9 Å². The van der Waals surface area contributed by atoms with Crippen molar-refractivity contribution in [3.63, 3.8) is 0 Å². The Morgan fingerprint density at radius 3 is 2.61 bits per heavy atom. The van der Waals surface area contributed by atoms with E-state index >= 15 is 0 Å². The van der Waals surface area contributed by atoms with E-state index < -0.39 is 0 Å². The highest BCUT2D eigenvalue weighted by molar-refractivity contribution is 5.78. The fourth-order valence-electron chi connectivity index (χ4n) is 3.50. The largest absolute Gasteiger partial charge is 0.494 e. The summed E-state index contributed by atoms with van der Waals surface area (Å²) in [6, 6.07) is 3.90. The van der Waals surface area contributed by atoms with E-state index in [4.69, 9.17) is 9.47 Å². The van der Waals surface area contributed by atoms with Gasteiger partial charge in [0.1, 0.15) is 0 Å². The first kappa shape index (κ1) is 20.0. The second-order valence-corrected chi connectivity index (χ2v) is 6.88. The van der Waals surface area contributed by atoms with Crippen molar-refractivity contribution in [1.82, 2.24) is 20.3 Å². The molecule has 8 nitrogen and oxygen atoms in total. The Kier molecular flexibility index (Phi) is 7.13. The summed E-state index contributed by atoms with van der Waals surface area (Å²) in [4.78, 5) is 25.1. The lowest BCUT2D eigenvalue weighted by Gasteiger charge is -2.35. The summed E-state index contributed by atoms with van der Waals surface area (Å²) in [5.41, 5.74) is 1.16. The zero-order valence-electron chi connectivity index (χ0n) is 16.3. The summed E-state index contributed by atoms with van der Waals surface area (Å²) in [5, 5.41) is 6.37. The monoisotopic (exact) mass is 385 g/mol. The molecule has 1 amide bonds.